The Kier molecular flexibility index (Phi) is 4.57. The predicted octanol–water partition coefficient (Wildman–Crippen LogP) is 1.47. The Bertz CT molecular complexity index is 1020. The number of nitrogens with zero attached hydrogens (tertiary/aromatic N) is 3. The average molecular weight is 369 g/mol. The van der Waals surface area contributed by atoms with E-state index in [1.54, 1.807) is 27.6 Å². The molecule has 0 bridgehead atoms. The Morgan fingerprint density at radius 3 is 2.81 bits per heavy atom. The lowest BCUT2D eigenvalue weighted by atomic mass is 9.93. The van der Waals surface area contributed by atoms with Gasteiger partial charge in [-0.25, -0.2) is 4.79 Å². The van der Waals surface area contributed by atoms with E-state index in [1.807, 2.05) is 19.3 Å². The number of carbonyl (C=O) groups excluding carboxylic acids is 1. The van der Waals surface area contributed by atoms with Crippen LogP contribution in [0.5, 0.6) is 0 Å². The van der Waals surface area contributed by atoms with Crippen molar-refractivity contribution >= 4 is 16.9 Å². The van der Waals surface area contributed by atoms with E-state index in [0.29, 0.717) is 30.5 Å². The second-order valence-electron chi connectivity index (χ2n) is 7.20. The van der Waals surface area contributed by atoms with Crippen molar-refractivity contribution in [3.05, 3.63) is 52.2 Å². The van der Waals surface area contributed by atoms with Gasteiger partial charge in [-0.2, -0.15) is 5.10 Å². The monoisotopic (exact) mass is 369 g/mol. The summed E-state index contributed by atoms with van der Waals surface area (Å²) in [7, 11) is 1.83. The molecule has 8 heteroatoms. The van der Waals surface area contributed by atoms with E-state index >= 15 is 0 Å². The maximum Gasteiger partial charge on any atom is 0.326 e. The van der Waals surface area contributed by atoms with E-state index in [1.165, 1.54) is 0 Å². The van der Waals surface area contributed by atoms with Crippen molar-refractivity contribution in [1.29, 1.82) is 0 Å². The summed E-state index contributed by atoms with van der Waals surface area (Å²) in [6, 6.07) is 5.35. The van der Waals surface area contributed by atoms with E-state index in [9.17, 15) is 14.7 Å². The molecule has 0 spiro atoms. The van der Waals surface area contributed by atoms with Crippen molar-refractivity contribution < 1.29 is 9.90 Å². The number of imidazole rings is 1. The first-order valence-electron chi connectivity index (χ1n) is 9.19. The summed E-state index contributed by atoms with van der Waals surface area (Å²) >= 11 is 0. The first-order valence-corrected chi connectivity index (χ1v) is 9.19. The highest BCUT2D eigenvalue weighted by Crippen LogP contribution is 2.29. The van der Waals surface area contributed by atoms with Gasteiger partial charge >= 0.3 is 5.69 Å². The van der Waals surface area contributed by atoms with Crippen LogP contribution in [-0.4, -0.2) is 36.4 Å². The number of benzene rings is 1. The van der Waals surface area contributed by atoms with E-state index in [0.717, 1.165) is 23.9 Å². The van der Waals surface area contributed by atoms with Crippen LogP contribution in [0.25, 0.3) is 11.0 Å². The van der Waals surface area contributed by atoms with Crippen molar-refractivity contribution in [2.24, 2.45) is 7.05 Å². The summed E-state index contributed by atoms with van der Waals surface area (Å²) in [5, 5.41) is 16.6. The quantitative estimate of drug-likeness (QED) is 0.648. The normalized spacial score (nSPS) is 20.1. The number of aliphatic hydroxyl groups excluding tert-OH is 1. The summed E-state index contributed by atoms with van der Waals surface area (Å²) in [6.07, 6.45) is 6.27. The van der Waals surface area contributed by atoms with Gasteiger partial charge in [-0.15, -0.1) is 0 Å². The topological polar surface area (TPSA) is 105 Å². The molecule has 2 heterocycles. The zero-order chi connectivity index (χ0) is 19.0. The maximum absolute atomic E-state index is 12.4. The molecule has 1 saturated carbocycles. The molecule has 0 radical (unpaired) electrons. The van der Waals surface area contributed by atoms with Crippen LogP contribution in [0.15, 0.2) is 35.4 Å². The molecule has 8 nitrogen and oxygen atoms in total. The molecule has 1 fully saturated rings. The molecule has 0 aliphatic heterocycles. The Labute approximate surface area is 155 Å². The molecule has 1 aliphatic rings. The van der Waals surface area contributed by atoms with Gasteiger partial charge in [0.2, 0.25) is 0 Å². The van der Waals surface area contributed by atoms with Gasteiger partial charge in [-0.3, -0.25) is 14.0 Å². The lowest BCUT2D eigenvalue weighted by Gasteiger charge is -2.26. The van der Waals surface area contributed by atoms with E-state index < -0.39 is 0 Å². The molecular weight excluding hydrogens is 346 g/mol. The summed E-state index contributed by atoms with van der Waals surface area (Å²) in [4.78, 5) is 27.7. The molecule has 0 atom stereocenters. The number of H-pyrrole nitrogens is 1. The summed E-state index contributed by atoms with van der Waals surface area (Å²) in [6.45, 7) is 0.395. The molecular formula is C19H23N5O3. The highest BCUT2D eigenvalue weighted by Gasteiger charge is 2.24. The number of aromatic amines is 1. The van der Waals surface area contributed by atoms with Crippen molar-refractivity contribution in [2.45, 2.75) is 44.4 Å². The van der Waals surface area contributed by atoms with E-state index in [-0.39, 0.29) is 23.7 Å². The number of nitrogens with one attached hydrogen (secondary N) is 2. The molecule has 27 heavy (non-hydrogen) atoms. The Balaban J connectivity index is 1.54. The third-order valence-corrected chi connectivity index (χ3v) is 5.22. The van der Waals surface area contributed by atoms with Crippen molar-refractivity contribution in [2.75, 3.05) is 0 Å². The summed E-state index contributed by atoms with van der Waals surface area (Å²) in [5.41, 5.74) is 2.70. The number of aromatic nitrogens is 4. The number of carbonyl (C=O) groups is 1. The molecule has 0 saturated heterocycles. The number of rotatable bonds is 4. The van der Waals surface area contributed by atoms with Crippen LogP contribution in [-0.2, 0) is 13.6 Å². The third kappa shape index (κ3) is 3.52. The minimum Gasteiger partial charge on any atom is -0.393 e. The first kappa shape index (κ1) is 17.5. The molecule has 2 aromatic heterocycles. The minimum absolute atomic E-state index is 0.0832. The van der Waals surface area contributed by atoms with E-state index in [4.69, 9.17) is 0 Å². The average Bonchev–Trinajstić information content (AvgIpc) is 3.22. The predicted molar refractivity (Wildman–Crippen MR) is 100 cm³/mol. The van der Waals surface area contributed by atoms with Crippen LogP contribution in [0.4, 0.5) is 0 Å². The summed E-state index contributed by atoms with van der Waals surface area (Å²) < 4.78 is 3.45. The molecule has 3 aromatic rings. The second-order valence-corrected chi connectivity index (χ2v) is 7.20. The number of amides is 1. The smallest absolute Gasteiger partial charge is 0.326 e. The largest absolute Gasteiger partial charge is 0.393 e. The van der Waals surface area contributed by atoms with Gasteiger partial charge in [0.25, 0.3) is 5.91 Å². The first-order chi connectivity index (χ1) is 13.0. The molecule has 1 amide bonds. The van der Waals surface area contributed by atoms with Crippen LogP contribution in [0.3, 0.4) is 0 Å². The lowest BCUT2D eigenvalue weighted by molar-refractivity contribution is 0.0951. The van der Waals surface area contributed by atoms with Gasteiger partial charge in [0.05, 0.1) is 23.3 Å². The fourth-order valence-corrected chi connectivity index (χ4v) is 3.80. The molecule has 0 unspecified atom stereocenters. The fraction of sp³-hybridized carbons (Fsp3) is 0.421. The van der Waals surface area contributed by atoms with Gasteiger partial charge < -0.3 is 15.4 Å². The molecule has 3 N–H and O–H groups in total. The zero-order valence-corrected chi connectivity index (χ0v) is 15.2. The summed E-state index contributed by atoms with van der Waals surface area (Å²) in [5.74, 6) is -0.199. The van der Waals surface area contributed by atoms with Gasteiger partial charge in [0, 0.05) is 37.0 Å². The highest BCUT2D eigenvalue weighted by atomic mass is 16.3. The van der Waals surface area contributed by atoms with Gasteiger partial charge in [0.1, 0.15) is 0 Å². The molecule has 1 aliphatic carbocycles. The highest BCUT2D eigenvalue weighted by molar-refractivity contribution is 5.97. The lowest BCUT2D eigenvalue weighted by Crippen LogP contribution is -2.27. The molecule has 1 aromatic carbocycles. The van der Waals surface area contributed by atoms with Gasteiger partial charge in [0.15, 0.2) is 0 Å². The molecule has 142 valence electrons. The van der Waals surface area contributed by atoms with Crippen molar-refractivity contribution in [3.8, 4) is 0 Å². The van der Waals surface area contributed by atoms with Crippen LogP contribution in [0.1, 0.15) is 47.6 Å². The molecule has 4 rings (SSSR count). The zero-order valence-electron chi connectivity index (χ0n) is 15.2. The number of fused-ring (bicyclic) bond motifs is 1. The standard InChI is InChI=1S/C19H23N5O3/c1-23-11-12(10-21-23)9-20-18(26)13-2-7-17-16(8-13)22-19(27)24(17)14-3-5-15(25)6-4-14/h2,7-8,10-11,14-15,25H,3-6,9H2,1H3,(H,20,26)(H,22,27). The maximum atomic E-state index is 12.4. The van der Waals surface area contributed by atoms with Crippen LogP contribution < -0.4 is 11.0 Å². The second kappa shape index (κ2) is 7.03. The third-order valence-electron chi connectivity index (χ3n) is 5.22. The minimum atomic E-state index is -0.266. The number of hydrogen-bond acceptors (Lipinski definition) is 4. The number of aryl methyl sites for hydroxylation is 1. The van der Waals surface area contributed by atoms with Crippen LogP contribution in [0.2, 0.25) is 0 Å². The number of hydrogen-bond donors (Lipinski definition) is 3. The van der Waals surface area contributed by atoms with E-state index in [2.05, 4.69) is 15.4 Å². The Hall–Kier alpha value is -2.87. The van der Waals surface area contributed by atoms with Gasteiger partial charge in [-0.1, -0.05) is 0 Å². The Morgan fingerprint density at radius 2 is 2.11 bits per heavy atom. The number of aliphatic hydroxyl groups is 1. The van der Waals surface area contributed by atoms with Crippen molar-refractivity contribution in [3.63, 3.8) is 0 Å². The van der Waals surface area contributed by atoms with Gasteiger partial charge in [-0.05, 0) is 43.9 Å². The van der Waals surface area contributed by atoms with Crippen LogP contribution in [0, 0.1) is 0 Å². The Morgan fingerprint density at radius 1 is 1.33 bits per heavy atom. The van der Waals surface area contributed by atoms with Crippen LogP contribution >= 0.6 is 0 Å². The van der Waals surface area contributed by atoms with Crippen molar-refractivity contribution in [1.82, 2.24) is 24.6 Å². The SMILES string of the molecule is Cn1cc(CNC(=O)c2ccc3c(c2)[nH]c(=O)n3C2CCC(O)CC2)cn1. The fourth-order valence-electron chi connectivity index (χ4n) is 3.80.